The number of esters is 1. The van der Waals surface area contributed by atoms with Crippen LogP contribution in [0.3, 0.4) is 0 Å². The van der Waals surface area contributed by atoms with Gasteiger partial charge in [0.2, 0.25) is 18.5 Å². The average molecular weight is 385 g/mol. The molecule has 3 aromatic rings. The second-order valence-corrected chi connectivity index (χ2v) is 6.70. The van der Waals surface area contributed by atoms with Crippen LogP contribution >= 0.6 is 0 Å². The first-order valence-corrected chi connectivity index (χ1v) is 9.67. The third kappa shape index (κ3) is 3.94. The Hall–Kier alpha value is -2.67. The smallest absolute Gasteiger partial charge is 0.311 e. The van der Waals surface area contributed by atoms with E-state index >= 15 is 0 Å². The van der Waals surface area contributed by atoms with Gasteiger partial charge in [0.25, 0.3) is 0 Å². The van der Waals surface area contributed by atoms with Crippen LogP contribution in [0.2, 0.25) is 0 Å². The first-order chi connectivity index (χ1) is 13.6. The van der Waals surface area contributed by atoms with Crippen molar-refractivity contribution >= 4 is 22.8 Å². The summed E-state index contributed by atoms with van der Waals surface area (Å²) in [5.74, 6) is 1.14. The zero-order valence-corrected chi connectivity index (χ0v) is 16.9. The molecule has 0 aliphatic rings. The largest absolute Gasteiger partial charge is 0.441 e. The molecule has 0 radical (unpaired) electrons. The summed E-state index contributed by atoms with van der Waals surface area (Å²) in [7, 11) is 1.55. The van der Waals surface area contributed by atoms with Gasteiger partial charge in [0.15, 0.2) is 0 Å². The lowest BCUT2D eigenvalue weighted by atomic mass is 9.99. The fourth-order valence-corrected chi connectivity index (χ4v) is 3.20. The quantitative estimate of drug-likeness (QED) is 0.411. The highest BCUT2D eigenvalue weighted by Crippen LogP contribution is 2.32. The summed E-state index contributed by atoms with van der Waals surface area (Å²) in [5.41, 5.74) is 3.75. The van der Waals surface area contributed by atoms with Crippen LogP contribution in [0.25, 0.3) is 16.8 Å². The molecule has 0 N–H and O–H groups in total. The fraction of sp³-hybridized carbons (Fsp3) is 0.476. The van der Waals surface area contributed by atoms with Crippen LogP contribution in [0, 0.1) is 0 Å². The number of imidazole rings is 1. The van der Waals surface area contributed by atoms with Gasteiger partial charge in [-0.2, -0.15) is 0 Å². The molecular weight excluding hydrogens is 358 g/mol. The van der Waals surface area contributed by atoms with E-state index < -0.39 is 0 Å². The molecule has 150 valence electrons. The van der Waals surface area contributed by atoms with Gasteiger partial charge < -0.3 is 14.2 Å². The molecule has 7 heteroatoms. The van der Waals surface area contributed by atoms with Gasteiger partial charge in [-0.3, -0.25) is 4.79 Å². The van der Waals surface area contributed by atoms with Crippen molar-refractivity contribution in [2.45, 2.75) is 46.0 Å². The van der Waals surface area contributed by atoms with Crippen LogP contribution in [-0.4, -0.2) is 40.8 Å². The van der Waals surface area contributed by atoms with E-state index in [2.05, 4.69) is 25.8 Å². The number of carbonyl (C=O) groups excluding carboxylic acids is 1. The second-order valence-electron chi connectivity index (χ2n) is 6.70. The lowest BCUT2D eigenvalue weighted by Gasteiger charge is -2.19. The van der Waals surface area contributed by atoms with E-state index in [0.29, 0.717) is 18.3 Å². The molecule has 0 bridgehead atoms. The number of methoxy groups -OCH3 is 1. The SMILES string of the molecule is CCc1c([C@@H](C)CC)nc2nc3ccccc3n2c1OCOC(=O)CCOC. The van der Waals surface area contributed by atoms with E-state index in [1.54, 1.807) is 7.11 Å². The maximum atomic E-state index is 11.8. The monoisotopic (exact) mass is 385 g/mol. The van der Waals surface area contributed by atoms with Gasteiger partial charge >= 0.3 is 5.97 Å². The van der Waals surface area contributed by atoms with Crippen molar-refractivity contribution < 1.29 is 19.0 Å². The minimum absolute atomic E-state index is 0.166. The van der Waals surface area contributed by atoms with Crippen LogP contribution in [0.4, 0.5) is 0 Å². The standard InChI is InChI=1S/C21H27N3O4/c1-5-14(3)19-15(6-2)20(28-13-27-18(25)11-12-26-4)24-17-10-8-7-9-16(17)22-21(24)23-19/h7-10,14H,5-6,11-13H2,1-4H3/t14-/m0/s1. The molecular formula is C21H27N3O4. The molecule has 2 heterocycles. The zero-order valence-electron chi connectivity index (χ0n) is 16.9. The highest BCUT2D eigenvalue weighted by atomic mass is 16.7. The number of hydrogen-bond donors (Lipinski definition) is 0. The van der Waals surface area contributed by atoms with Gasteiger partial charge in [-0.25, -0.2) is 14.4 Å². The van der Waals surface area contributed by atoms with Gasteiger partial charge in [0, 0.05) is 12.7 Å². The number of nitrogens with zero attached hydrogens (tertiary/aromatic N) is 3. The Labute approximate surface area is 164 Å². The van der Waals surface area contributed by atoms with Gasteiger partial charge in [0.05, 0.1) is 29.8 Å². The summed E-state index contributed by atoms with van der Waals surface area (Å²) in [5, 5.41) is 0. The van der Waals surface area contributed by atoms with Gasteiger partial charge in [-0.1, -0.05) is 32.9 Å². The Morgan fingerprint density at radius 2 is 2.00 bits per heavy atom. The van der Waals surface area contributed by atoms with Crippen molar-refractivity contribution in [3.05, 3.63) is 35.5 Å². The number of carbonyl (C=O) groups is 1. The lowest BCUT2D eigenvalue weighted by molar-refractivity contribution is -0.151. The molecule has 0 fully saturated rings. The molecule has 2 aromatic heterocycles. The molecule has 1 aromatic carbocycles. The summed E-state index contributed by atoms with van der Waals surface area (Å²) in [4.78, 5) is 21.3. The van der Waals surface area contributed by atoms with E-state index in [-0.39, 0.29) is 25.1 Å². The number of benzene rings is 1. The predicted octanol–water partition coefficient (Wildman–Crippen LogP) is 3.87. The van der Waals surface area contributed by atoms with Gasteiger partial charge in [-0.15, -0.1) is 0 Å². The normalized spacial score (nSPS) is 12.4. The number of ether oxygens (including phenoxy) is 3. The minimum Gasteiger partial charge on any atom is -0.441 e. The lowest BCUT2D eigenvalue weighted by Crippen LogP contribution is -2.16. The third-order valence-corrected chi connectivity index (χ3v) is 4.89. The molecule has 28 heavy (non-hydrogen) atoms. The molecule has 0 unspecified atom stereocenters. The highest BCUT2D eigenvalue weighted by Gasteiger charge is 2.21. The van der Waals surface area contributed by atoms with Crippen LogP contribution in [0.5, 0.6) is 5.88 Å². The van der Waals surface area contributed by atoms with Crippen LogP contribution < -0.4 is 4.74 Å². The van der Waals surface area contributed by atoms with Crippen molar-refractivity contribution in [1.82, 2.24) is 14.4 Å². The molecule has 0 saturated heterocycles. The van der Waals surface area contributed by atoms with E-state index in [1.165, 1.54) is 0 Å². The average Bonchev–Trinajstić information content (AvgIpc) is 3.09. The first-order valence-electron chi connectivity index (χ1n) is 9.67. The molecule has 1 atom stereocenters. The van der Waals surface area contributed by atoms with Crippen molar-refractivity contribution in [3.8, 4) is 5.88 Å². The number of para-hydroxylation sites is 2. The van der Waals surface area contributed by atoms with E-state index in [9.17, 15) is 4.79 Å². The van der Waals surface area contributed by atoms with E-state index in [4.69, 9.17) is 19.2 Å². The molecule has 0 saturated carbocycles. The summed E-state index contributed by atoms with van der Waals surface area (Å²) in [6.07, 6.45) is 1.91. The number of fused-ring (bicyclic) bond motifs is 3. The van der Waals surface area contributed by atoms with Crippen molar-refractivity contribution in [2.75, 3.05) is 20.5 Å². The van der Waals surface area contributed by atoms with Crippen molar-refractivity contribution in [2.24, 2.45) is 0 Å². The Kier molecular flexibility index (Phi) is 6.46. The third-order valence-electron chi connectivity index (χ3n) is 4.89. The van der Waals surface area contributed by atoms with Crippen LogP contribution in [0.15, 0.2) is 24.3 Å². The summed E-state index contributed by atoms with van der Waals surface area (Å²) in [6, 6.07) is 7.84. The number of aromatic nitrogens is 3. The molecule has 0 amide bonds. The highest BCUT2D eigenvalue weighted by molar-refractivity contribution is 5.80. The Balaban J connectivity index is 2.04. The fourth-order valence-electron chi connectivity index (χ4n) is 3.20. The van der Waals surface area contributed by atoms with E-state index in [1.807, 2.05) is 28.7 Å². The minimum atomic E-state index is -0.358. The molecule has 0 aliphatic carbocycles. The summed E-state index contributed by atoms with van der Waals surface area (Å²) in [6.45, 7) is 6.51. The molecule has 0 spiro atoms. The topological polar surface area (TPSA) is 75.0 Å². The maximum Gasteiger partial charge on any atom is 0.311 e. The zero-order chi connectivity index (χ0) is 20.1. The Bertz CT molecular complexity index is 967. The predicted molar refractivity (Wildman–Crippen MR) is 107 cm³/mol. The maximum absolute atomic E-state index is 11.8. The van der Waals surface area contributed by atoms with Gasteiger partial charge in [-0.05, 0) is 30.9 Å². The molecule has 0 aliphatic heterocycles. The number of hydrogen-bond acceptors (Lipinski definition) is 6. The van der Waals surface area contributed by atoms with Crippen LogP contribution in [0.1, 0.15) is 50.8 Å². The summed E-state index contributed by atoms with van der Waals surface area (Å²) >= 11 is 0. The van der Waals surface area contributed by atoms with Crippen LogP contribution in [-0.2, 0) is 20.7 Å². The second kappa shape index (κ2) is 9.01. The Morgan fingerprint density at radius 3 is 2.71 bits per heavy atom. The Morgan fingerprint density at radius 1 is 1.21 bits per heavy atom. The van der Waals surface area contributed by atoms with Crippen molar-refractivity contribution in [1.29, 1.82) is 0 Å². The van der Waals surface area contributed by atoms with Gasteiger partial charge in [0.1, 0.15) is 0 Å². The number of rotatable bonds is 9. The molecule has 7 nitrogen and oxygen atoms in total. The van der Waals surface area contributed by atoms with E-state index in [0.717, 1.165) is 35.1 Å². The van der Waals surface area contributed by atoms with Crippen molar-refractivity contribution in [3.63, 3.8) is 0 Å². The summed E-state index contributed by atoms with van der Waals surface area (Å²) < 4.78 is 18.0. The first kappa shape index (κ1) is 20.1. The molecule has 3 rings (SSSR count).